The van der Waals surface area contributed by atoms with Crippen molar-refractivity contribution in [2.75, 3.05) is 0 Å². The van der Waals surface area contributed by atoms with Gasteiger partial charge in [0, 0.05) is 0 Å². The van der Waals surface area contributed by atoms with Crippen LogP contribution in [0.3, 0.4) is 0 Å². The van der Waals surface area contributed by atoms with E-state index in [9.17, 15) is 15.3 Å². The standard InChI is InChI=1S/C27H46O3/c1-16(2)14-24(29)25(30)17(3)21-8-9-22-20-7-6-18-15-19(28)10-12-26(18,4)23(20)11-13-27(21,22)5/h6,16-17,19-25,28-30H,7-15H2,1-5H3/t17-,19-,20-,21+,22-,23-,24+,25+,26-,27+/m0/s1. The third-order valence-corrected chi connectivity index (χ3v) is 10.4. The summed E-state index contributed by atoms with van der Waals surface area (Å²) in [6.45, 7) is 11.4. The Kier molecular flexibility index (Phi) is 6.23. The minimum atomic E-state index is -0.610. The number of aliphatic hydroxyl groups excluding tert-OH is 3. The third-order valence-electron chi connectivity index (χ3n) is 10.4. The summed E-state index contributed by atoms with van der Waals surface area (Å²) >= 11 is 0. The van der Waals surface area contributed by atoms with Crippen LogP contribution in [0.1, 0.15) is 92.4 Å². The van der Waals surface area contributed by atoms with Crippen molar-refractivity contribution >= 4 is 0 Å². The Hall–Kier alpha value is -0.380. The van der Waals surface area contributed by atoms with Gasteiger partial charge in [-0.1, -0.05) is 46.3 Å². The number of aliphatic hydroxyl groups is 3. The largest absolute Gasteiger partial charge is 0.393 e. The number of fused-ring (bicyclic) bond motifs is 5. The minimum absolute atomic E-state index is 0.134. The molecule has 30 heavy (non-hydrogen) atoms. The second-order valence-corrected chi connectivity index (χ2v) is 12.4. The van der Waals surface area contributed by atoms with Crippen LogP contribution in [0.25, 0.3) is 0 Å². The highest BCUT2D eigenvalue weighted by Gasteiger charge is 2.59. The molecular weight excluding hydrogens is 372 g/mol. The quantitative estimate of drug-likeness (QED) is 0.529. The molecule has 3 nitrogen and oxygen atoms in total. The van der Waals surface area contributed by atoms with Gasteiger partial charge in [-0.2, -0.15) is 0 Å². The zero-order chi connectivity index (χ0) is 21.8. The summed E-state index contributed by atoms with van der Waals surface area (Å²) in [6, 6.07) is 0. The Morgan fingerprint density at radius 2 is 1.73 bits per heavy atom. The Labute approximate surface area is 184 Å². The van der Waals surface area contributed by atoms with Crippen molar-refractivity contribution in [3.05, 3.63) is 11.6 Å². The van der Waals surface area contributed by atoms with E-state index in [1.807, 2.05) is 0 Å². The van der Waals surface area contributed by atoms with Crippen LogP contribution in [0.15, 0.2) is 11.6 Å². The number of allylic oxidation sites excluding steroid dienone is 1. The third kappa shape index (κ3) is 3.61. The molecule has 0 amide bonds. The van der Waals surface area contributed by atoms with Gasteiger partial charge < -0.3 is 15.3 Å². The van der Waals surface area contributed by atoms with Crippen LogP contribution < -0.4 is 0 Å². The van der Waals surface area contributed by atoms with Gasteiger partial charge in [-0.3, -0.25) is 0 Å². The second kappa shape index (κ2) is 8.19. The molecule has 172 valence electrons. The highest BCUT2D eigenvalue weighted by atomic mass is 16.3. The van der Waals surface area contributed by atoms with Gasteiger partial charge in [-0.05, 0) is 104 Å². The zero-order valence-corrected chi connectivity index (χ0v) is 20.0. The van der Waals surface area contributed by atoms with Crippen molar-refractivity contribution in [1.82, 2.24) is 0 Å². The lowest BCUT2D eigenvalue weighted by Gasteiger charge is -2.58. The molecule has 3 saturated carbocycles. The Morgan fingerprint density at radius 3 is 2.43 bits per heavy atom. The molecule has 0 spiro atoms. The molecule has 0 unspecified atom stereocenters. The Balaban J connectivity index is 1.53. The SMILES string of the molecule is CC(C)C[C@@H](O)[C@H](O)[C@@H](C)[C@H]1CC[C@H]2[C@@H]3CC=C4C[C@@H](O)CC[C@]4(C)[C@H]3CC[C@]12C. The fourth-order valence-electron chi connectivity index (χ4n) is 8.76. The molecular formula is C27H46O3. The molecule has 0 aromatic carbocycles. The van der Waals surface area contributed by atoms with E-state index < -0.39 is 12.2 Å². The Bertz CT molecular complexity index is 656. The first-order valence-electron chi connectivity index (χ1n) is 12.8. The van der Waals surface area contributed by atoms with Crippen molar-refractivity contribution in [3.8, 4) is 0 Å². The number of hydrogen-bond acceptors (Lipinski definition) is 3. The smallest absolute Gasteiger partial charge is 0.0827 e. The first-order chi connectivity index (χ1) is 14.1. The lowest BCUT2D eigenvalue weighted by Crippen LogP contribution is -2.51. The van der Waals surface area contributed by atoms with E-state index in [0.29, 0.717) is 23.7 Å². The van der Waals surface area contributed by atoms with E-state index in [2.05, 4.69) is 40.7 Å². The fraction of sp³-hybridized carbons (Fsp3) is 0.926. The van der Waals surface area contributed by atoms with Gasteiger partial charge in [0.15, 0.2) is 0 Å². The lowest BCUT2D eigenvalue weighted by atomic mass is 9.47. The molecule has 3 fully saturated rings. The molecule has 4 rings (SSSR count). The monoisotopic (exact) mass is 418 g/mol. The molecule has 0 aromatic rings. The maximum Gasteiger partial charge on any atom is 0.0827 e. The van der Waals surface area contributed by atoms with Crippen molar-refractivity contribution in [3.63, 3.8) is 0 Å². The van der Waals surface area contributed by atoms with Crippen molar-refractivity contribution < 1.29 is 15.3 Å². The van der Waals surface area contributed by atoms with Crippen LogP contribution in [0.4, 0.5) is 0 Å². The van der Waals surface area contributed by atoms with E-state index in [-0.39, 0.29) is 17.4 Å². The summed E-state index contributed by atoms with van der Waals surface area (Å²) in [5, 5.41) is 31.8. The average molecular weight is 419 g/mol. The van der Waals surface area contributed by atoms with Gasteiger partial charge in [-0.25, -0.2) is 0 Å². The highest BCUT2D eigenvalue weighted by Crippen LogP contribution is 2.67. The van der Waals surface area contributed by atoms with E-state index >= 15 is 0 Å². The summed E-state index contributed by atoms with van der Waals surface area (Å²) in [4.78, 5) is 0. The van der Waals surface area contributed by atoms with E-state index in [1.54, 1.807) is 5.57 Å². The second-order valence-electron chi connectivity index (χ2n) is 12.4. The number of rotatable bonds is 5. The van der Waals surface area contributed by atoms with Crippen molar-refractivity contribution in [2.24, 2.45) is 46.3 Å². The molecule has 3 N–H and O–H groups in total. The predicted molar refractivity (Wildman–Crippen MR) is 122 cm³/mol. The maximum atomic E-state index is 11.0. The van der Waals surface area contributed by atoms with E-state index in [1.165, 1.54) is 32.1 Å². The zero-order valence-electron chi connectivity index (χ0n) is 20.0. The molecule has 10 atom stereocenters. The molecule has 0 aliphatic heterocycles. The van der Waals surface area contributed by atoms with Gasteiger partial charge in [0.1, 0.15) is 0 Å². The molecule has 0 aromatic heterocycles. The molecule has 0 radical (unpaired) electrons. The Morgan fingerprint density at radius 1 is 1.00 bits per heavy atom. The van der Waals surface area contributed by atoms with Crippen LogP contribution in [0.2, 0.25) is 0 Å². The topological polar surface area (TPSA) is 60.7 Å². The first kappa shape index (κ1) is 22.8. The lowest BCUT2D eigenvalue weighted by molar-refractivity contribution is -0.0868. The van der Waals surface area contributed by atoms with Crippen LogP contribution in [-0.4, -0.2) is 33.6 Å². The van der Waals surface area contributed by atoms with Gasteiger partial charge in [0.25, 0.3) is 0 Å². The maximum absolute atomic E-state index is 11.0. The van der Waals surface area contributed by atoms with Gasteiger partial charge in [0.2, 0.25) is 0 Å². The summed E-state index contributed by atoms with van der Waals surface area (Å²) in [6.07, 6.45) is 11.0. The van der Waals surface area contributed by atoms with Crippen molar-refractivity contribution in [1.29, 1.82) is 0 Å². The van der Waals surface area contributed by atoms with Crippen LogP contribution >= 0.6 is 0 Å². The van der Waals surface area contributed by atoms with E-state index in [4.69, 9.17) is 0 Å². The first-order valence-corrected chi connectivity index (χ1v) is 12.8. The van der Waals surface area contributed by atoms with Gasteiger partial charge in [0.05, 0.1) is 18.3 Å². The minimum Gasteiger partial charge on any atom is -0.393 e. The molecule has 4 aliphatic carbocycles. The highest BCUT2D eigenvalue weighted by molar-refractivity contribution is 5.25. The normalized spacial score (nSPS) is 46.4. The average Bonchev–Trinajstić information content (AvgIpc) is 3.04. The summed E-state index contributed by atoms with van der Waals surface area (Å²) in [7, 11) is 0. The number of hydrogen-bond donors (Lipinski definition) is 3. The molecule has 0 heterocycles. The fourth-order valence-corrected chi connectivity index (χ4v) is 8.76. The van der Waals surface area contributed by atoms with E-state index in [0.717, 1.165) is 37.0 Å². The molecule has 0 bridgehead atoms. The summed E-state index contributed by atoms with van der Waals surface area (Å²) < 4.78 is 0. The van der Waals surface area contributed by atoms with Crippen LogP contribution in [0.5, 0.6) is 0 Å². The van der Waals surface area contributed by atoms with Gasteiger partial charge >= 0.3 is 0 Å². The summed E-state index contributed by atoms with van der Waals surface area (Å²) in [5.74, 6) is 3.31. The van der Waals surface area contributed by atoms with Crippen molar-refractivity contribution in [2.45, 2.75) is 111 Å². The van der Waals surface area contributed by atoms with Gasteiger partial charge in [-0.15, -0.1) is 0 Å². The molecule has 3 heteroatoms. The predicted octanol–water partition coefficient (Wildman–Crippen LogP) is 5.33. The molecule has 4 aliphatic rings. The molecule has 0 saturated heterocycles. The van der Waals surface area contributed by atoms with Crippen LogP contribution in [-0.2, 0) is 0 Å². The summed E-state index contributed by atoms with van der Waals surface area (Å²) in [5.41, 5.74) is 2.12. The van der Waals surface area contributed by atoms with Crippen LogP contribution in [0, 0.1) is 46.3 Å².